The lowest BCUT2D eigenvalue weighted by atomic mass is 10.0. The van der Waals surface area contributed by atoms with Crippen molar-refractivity contribution in [2.75, 3.05) is 6.54 Å². The number of fused-ring (bicyclic) bond motifs is 1. The number of hydrogen-bond donors (Lipinski definition) is 0. The molecule has 4 aromatic rings. The van der Waals surface area contributed by atoms with E-state index in [0.29, 0.717) is 34.8 Å². The van der Waals surface area contributed by atoms with Crippen molar-refractivity contribution >= 4 is 21.4 Å². The number of aryl methyl sites for hydroxylation is 1. The smallest absolute Gasteiger partial charge is 0.268 e. The zero-order valence-corrected chi connectivity index (χ0v) is 18.2. The number of sulfonamides is 1. The Hall–Kier alpha value is -2.88. The summed E-state index contributed by atoms with van der Waals surface area (Å²) in [5.74, 6) is 0.0581. The summed E-state index contributed by atoms with van der Waals surface area (Å²) in [7, 11) is -3.67. The molecule has 0 bridgehead atoms. The molecule has 0 radical (unpaired) electrons. The summed E-state index contributed by atoms with van der Waals surface area (Å²) in [4.78, 5) is 5.79. The molecule has 0 unspecified atom stereocenters. The van der Waals surface area contributed by atoms with Crippen LogP contribution in [0.2, 0.25) is 0 Å². The van der Waals surface area contributed by atoms with E-state index in [1.54, 1.807) is 25.1 Å². The first-order valence-electron chi connectivity index (χ1n) is 9.69. The van der Waals surface area contributed by atoms with Gasteiger partial charge < -0.3 is 4.52 Å². The third-order valence-electron chi connectivity index (χ3n) is 5.31. The third kappa shape index (κ3) is 3.69. The minimum atomic E-state index is -3.67. The Morgan fingerprint density at radius 3 is 2.71 bits per heavy atom. The second-order valence-corrected chi connectivity index (χ2v) is 10.5. The summed E-state index contributed by atoms with van der Waals surface area (Å²) in [5.41, 5.74) is 2.71. The Kier molecular flexibility index (Phi) is 4.96. The van der Waals surface area contributed by atoms with Gasteiger partial charge in [0.25, 0.3) is 5.89 Å². The average molecular weight is 456 g/mol. The van der Waals surface area contributed by atoms with Crippen molar-refractivity contribution in [1.29, 1.82) is 0 Å². The predicted octanol–water partition coefficient (Wildman–Crippen LogP) is 4.66. The Morgan fingerprint density at radius 1 is 1.10 bits per heavy atom. The van der Waals surface area contributed by atoms with Crippen LogP contribution in [0.1, 0.15) is 16.0 Å². The van der Waals surface area contributed by atoms with Crippen molar-refractivity contribution < 1.29 is 17.3 Å². The summed E-state index contributed by atoms with van der Waals surface area (Å²) in [5, 5.41) is 3.91. The molecule has 0 saturated carbocycles. The third-order valence-corrected chi connectivity index (χ3v) is 8.44. The Balaban J connectivity index is 1.45. The van der Waals surface area contributed by atoms with E-state index in [9.17, 15) is 12.8 Å². The van der Waals surface area contributed by atoms with Crippen LogP contribution in [0.25, 0.3) is 22.2 Å². The van der Waals surface area contributed by atoms with Gasteiger partial charge >= 0.3 is 0 Å². The molecule has 0 saturated heterocycles. The van der Waals surface area contributed by atoms with Crippen LogP contribution in [-0.2, 0) is 23.0 Å². The molecule has 3 heterocycles. The fraction of sp³-hybridized carbons (Fsp3) is 0.182. The van der Waals surface area contributed by atoms with E-state index in [-0.39, 0.29) is 16.6 Å². The zero-order chi connectivity index (χ0) is 21.6. The molecule has 158 valence electrons. The van der Waals surface area contributed by atoms with E-state index in [2.05, 4.69) is 10.1 Å². The molecule has 0 fully saturated rings. The van der Waals surface area contributed by atoms with E-state index in [1.165, 1.54) is 33.3 Å². The summed E-state index contributed by atoms with van der Waals surface area (Å²) >= 11 is 1.28. The standard InChI is InChI=1S/C22H18FN3O3S2/c1-14-20(31(27,28)26-10-9-15-5-2-3-6-17(15)13-26)12-19(30-14)22-24-21(25-29-22)16-7-4-8-18(23)11-16/h2-8,11-12H,9-10,13H2,1H3. The predicted molar refractivity (Wildman–Crippen MR) is 115 cm³/mol. The normalized spacial score (nSPS) is 14.5. The van der Waals surface area contributed by atoms with Gasteiger partial charge in [0, 0.05) is 23.5 Å². The molecule has 1 aliphatic rings. The van der Waals surface area contributed by atoms with Crippen LogP contribution in [-0.4, -0.2) is 29.4 Å². The van der Waals surface area contributed by atoms with Crippen LogP contribution in [0.5, 0.6) is 0 Å². The maximum atomic E-state index is 13.5. The number of rotatable bonds is 4. The average Bonchev–Trinajstić information content (AvgIpc) is 3.40. The molecule has 0 aliphatic carbocycles. The lowest BCUT2D eigenvalue weighted by Gasteiger charge is -2.28. The Bertz CT molecular complexity index is 1380. The first kappa shape index (κ1) is 20.0. The van der Waals surface area contributed by atoms with E-state index in [0.717, 1.165) is 5.56 Å². The molecule has 0 atom stereocenters. The van der Waals surface area contributed by atoms with Crippen molar-refractivity contribution in [3.8, 4) is 22.2 Å². The van der Waals surface area contributed by atoms with Gasteiger partial charge in [-0.15, -0.1) is 11.3 Å². The van der Waals surface area contributed by atoms with Crippen LogP contribution in [0.3, 0.4) is 0 Å². The van der Waals surface area contributed by atoms with Gasteiger partial charge in [0.15, 0.2) is 0 Å². The molecule has 6 nitrogen and oxygen atoms in total. The molecular weight excluding hydrogens is 437 g/mol. The van der Waals surface area contributed by atoms with Gasteiger partial charge in [-0.2, -0.15) is 9.29 Å². The molecule has 31 heavy (non-hydrogen) atoms. The number of benzene rings is 2. The lowest BCUT2D eigenvalue weighted by Crippen LogP contribution is -2.36. The molecule has 9 heteroatoms. The monoisotopic (exact) mass is 455 g/mol. The highest BCUT2D eigenvalue weighted by molar-refractivity contribution is 7.89. The lowest BCUT2D eigenvalue weighted by molar-refractivity contribution is 0.391. The molecule has 5 rings (SSSR count). The largest absolute Gasteiger partial charge is 0.333 e. The fourth-order valence-corrected chi connectivity index (χ4v) is 6.61. The van der Waals surface area contributed by atoms with Crippen LogP contribution in [0, 0.1) is 12.7 Å². The summed E-state index contributed by atoms with van der Waals surface area (Å²) < 4.78 is 47.0. The number of thiophene rings is 1. The molecule has 1 aliphatic heterocycles. The van der Waals surface area contributed by atoms with Gasteiger partial charge in [0.2, 0.25) is 15.8 Å². The van der Waals surface area contributed by atoms with Gasteiger partial charge in [0.05, 0.1) is 9.77 Å². The summed E-state index contributed by atoms with van der Waals surface area (Å²) in [6.07, 6.45) is 0.687. The van der Waals surface area contributed by atoms with Gasteiger partial charge in [-0.1, -0.05) is 41.6 Å². The van der Waals surface area contributed by atoms with Crippen molar-refractivity contribution in [3.05, 3.63) is 76.4 Å². The van der Waals surface area contributed by atoms with Gasteiger partial charge in [0.1, 0.15) is 5.82 Å². The minimum Gasteiger partial charge on any atom is -0.333 e. The van der Waals surface area contributed by atoms with Crippen LogP contribution in [0.15, 0.2) is 64.0 Å². The summed E-state index contributed by atoms with van der Waals surface area (Å²) in [6.45, 7) is 2.56. The van der Waals surface area contributed by atoms with Crippen LogP contribution < -0.4 is 0 Å². The van der Waals surface area contributed by atoms with Gasteiger partial charge in [-0.25, -0.2) is 12.8 Å². The maximum Gasteiger partial charge on any atom is 0.268 e. The first-order chi connectivity index (χ1) is 14.9. The Labute approximate surface area is 183 Å². The summed E-state index contributed by atoms with van der Waals surface area (Å²) in [6, 6.07) is 15.4. The van der Waals surface area contributed by atoms with E-state index in [1.807, 2.05) is 24.3 Å². The van der Waals surface area contributed by atoms with E-state index < -0.39 is 15.8 Å². The molecular formula is C22H18FN3O3S2. The number of halogens is 1. The van der Waals surface area contributed by atoms with Crippen molar-refractivity contribution in [2.45, 2.75) is 24.8 Å². The van der Waals surface area contributed by atoms with Crippen LogP contribution in [0.4, 0.5) is 4.39 Å². The Morgan fingerprint density at radius 2 is 1.90 bits per heavy atom. The molecule has 2 aromatic heterocycles. The second kappa shape index (κ2) is 7.67. The quantitative estimate of drug-likeness (QED) is 0.447. The van der Waals surface area contributed by atoms with Crippen LogP contribution >= 0.6 is 11.3 Å². The van der Waals surface area contributed by atoms with Gasteiger partial charge in [-0.05, 0) is 42.7 Å². The zero-order valence-electron chi connectivity index (χ0n) is 16.6. The molecule has 0 spiro atoms. The van der Waals surface area contributed by atoms with Gasteiger partial charge in [-0.3, -0.25) is 0 Å². The number of aromatic nitrogens is 2. The highest BCUT2D eigenvalue weighted by Gasteiger charge is 2.31. The SMILES string of the molecule is Cc1sc(-c2nc(-c3cccc(F)c3)no2)cc1S(=O)(=O)N1CCc2ccccc2C1. The van der Waals surface area contributed by atoms with Crippen molar-refractivity contribution in [3.63, 3.8) is 0 Å². The van der Waals surface area contributed by atoms with Crippen molar-refractivity contribution in [1.82, 2.24) is 14.4 Å². The molecule has 2 aromatic carbocycles. The number of nitrogens with zero attached hydrogens (tertiary/aromatic N) is 3. The minimum absolute atomic E-state index is 0.206. The van der Waals surface area contributed by atoms with E-state index in [4.69, 9.17) is 4.52 Å². The van der Waals surface area contributed by atoms with E-state index >= 15 is 0 Å². The highest BCUT2D eigenvalue weighted by Crippen LogP contribution is 2.36. The van der Waals surface area contributed by atoms with Crippen molar-refractivity contribution in [2.24, 2.45) is 0 Å². The number of hydrogen-bond acceptors (Lipinski definition) is 6. The fourth-order valence-electron chi connectivity index (χ4n) is 3.71. The highest BCUT2D eigenvalue weighted by atomic mass is 32.2. The molecule has 0 N–H and O–H groups in total. The second-order valence-electron chi connectivity index (χ2n) is 7.32. The maximum absolute atomic E-state index is 13.5. The molecule has 0 amide bonds. The topological polar surface area (TPSA) is 76.3 Å². The first-order valence-corrected chi connectivity index (χ1v) is 11.9.